The third kappa shape index (κ3) is 3.79. The number of ether oxygens (including phenoxy) is 1. The number of esters is 1. The summed E-state index contributed by atoms with van der Waals surface area (Å²) in [5, 5.41) is 6.94. The van der Waals surface area contributed by atoms with Gasteiger partial charge in [-0.1, -0.05) is 0 Å². The van der Waals surface area contributed by atoms with Crippen LogP contribution < -0.4 is 0 Å². The van der Waals surface area contributed by atoms with Crippen molar-refractivity contribution in [2.75, 3.05) is 6.61 Å². The molecule has 0 fully saturated rings. The molecule has 0 aromatic carbocycles. The first-order chi connectivity index (χ1) is 6.54. The molecule has 0 saturated heterocycles. The van der Waals surface area contributed by atoms with Gasteiger partial charge >= 0.3 is 5.97 Å². The Bertz CT molecular complexity index is 288. The van der Waals surface area contributed by atoms with Crippen molar-refractivity contribution < 1.29 is 9.53 Å². The van der Waals surface area contributed by atoms with Crippen molar-refractivity contribution in [3.63, 3.8) is 0 Å². The second-order valence-electron chi connectivity index (χ2n) is 2.68. The van der Waals surface area contributed by atoms with Gasteiger partial charge in [-0.3, -0.25) is 0 Å². The third-order valence-electron chi connectivity index (χ3n) is 1.69. The Kier molecular flexibility index (Phi) is 5.95. The number of hydrogen-bond donors (Lipinski definition) is 2. The number of rotatable bonds is 4. The minimum Gasteiger partial charge on any atom is -0.462 e. The molecule has 0 heterocycles. The molecule has 0 aromatic rings. The van der Waals surface area contributed by atoms with Crippen LogP contribution in [0, 0.1) is 5.41 Å². The van der Waals surface area contributed by atoms with E-state index in [0.29, 0.717) is 12.2 Å². The predicted octanol–water partition coefficient (Wildman–Crippen LogP) is 2.35. The SMILES string of the molecule is CCOC(=O)C(=C\C=N)/C(C)=C(/C)S. The van der Waals surface area contributed by atoms with Gasteiger partial charge in [-0.25, -0.2) is 4.79 Å². The molecule has 0 radical (unpaired) electrons. The number of allylic oxidation sites excluding steroid dienone is 2. The fourth-order valence-corrected chi connectivity index (χ4v) is 0.954. The molecule has 1 N–H and O–H groups in total. The number of thiol groups is 1. The first kappa shape index (κ1) is 13.0. The van der Waals surface area contributed by atoms with Crippen molar-refractivity contribution in [3.8, 4) is 0 Å². The Labute approximate surface area is 89.8 Å². The van der Waals surface area contributed by atoms with Crippen LogP contribution in [0.1, 0.15) is 20.8 Å². The molecule has 78 valence electrons. The summed E-state index contributed by atoms with van der Waals surface area (Å²) in [6, 6.07) is 0. The molecule has 4 heteroatoms. The van der Waals surface area contributed by atoms with Crippen LogP contribution in [-0.2, 0) is 9.53 Å². The zero-order valence-corrected chi connectivity index (χ0v) is 9.52. The average molecular weight is 213 g/mol. The van der Waals surface area contributed by atoms with Crippen LogP contribution in [0.25, 0.3) is 0 Å². The van der Waals surface area contributed by atoms with E-state index in [1.165, 1.54) is 6.08 Å². The van der Waals surface area contributed by atoms with Crippen LogP contribution in [0.4, 0.5) is 0 Å². The lowest BCUT2D eigenvalue weighted by Gasteiger charge is -2.07. The highest BCUT2D eigenvalue weighted by Gasteiger charge is 2.12. The molecule has 14 heavy (non-hydrogen) atoms. The summed E-state index contributed by atoms with van der Waals surface area (Å²) in [6.07, 6.45) is 2.47. The van der Waals surface area contributed by atoms with Gasteiger partial charge in [-0.05, 0) is 37.3 Å². The van der Waals surface area contributed by atoms with Crippen molar-refractivity contribution in [3.05, 3.63) is 22.1 Å². The van der Waals surface area contributed by atoms with E-state index in [-0.39, 0.29) is 0 Å². The van der Waals surface area contributed by atoms with Crippen molar-refractivity contribution in [1.82, 2.24) is 0 Å². The lowest BCUT2D eigenvalue weighted by molar-refractivity contribution is -0.138. The topological polar surface area (TPSA) is 50.2 Å². The minimum absolute atomic E-state index is 0.326. The average Bonchev–Trinajstić information content (AvgIpc) is 2.13. The molecule has 0 aromatic heterocycles. The van der Waals surface area contributed by atoms with Crippen LogP contribution in [0.5, 0.6) is 0 Å². The van der Waals surface area contributed by atoms with Crippen LogP contribution >= 0.6 is 12.6 Å². The molecule has 0 spiro atoms. The summed E-state index contributed by atoms with van der Waals surface area (Å²) in [5.74, 6) is -0.415. The van der Waals surface area contributed by atoms with E-state index < -0.39 is 5.97 Å². The van der Waals surface area contributed by atoms with Gasteiger partial charge in [-0.15, -0.1) is 12.6 Å². The monoisotopic (exact) mass is 213 g/mol. The lowest BCUT2D eigenvalue weighted by Crippen LogP contribution is -2.09. The van der Waals surface area contributed by atoms with E-state index in [9.17, 15) is 4.79 Å². The molecule has 0 aliphatic rings. The number of hydrogen-bond acceptors (Lipinski definition) is 4. The Balaban J connectivity index is 4.98. The molecule has 0 saturated carbocycles. The Hall–Kier alpha value is -1.03. The molecule has 3 nitrogen and oxygen atoms in total. The maximum atomic E-state index is 11.4. The first-order valence-corrected chi connectivity index (χ1v) is 4.74. The summed E-state index contributed by atoms with van der Waals surface area (Å²) in [5.41, 5.74) is 1.12. The summed E-state index contributed by atoms with van der Waals surface area (Å²) in [6.45, 7) is 5.63. The summed E-state index contributed by atoms with van der Waals surface area (Å²) in [4.78, 5) is 12.2. The fraction of sp³-hybridized carbons (Fsp3) is 0.400. The van der Waals surface area contributed by atoms with Gasteiger partial charge in [0.2, 0.25) is 0 Å². The normalized spacial score (nSPS) is 13.3. The molecular weight excluding hydrogens is 198 g/mol. The van der Waals surface area contributed by atoms with Crippen LogP contribution in [0.2, 0.25) is 0 Å². The second-order valence-corrected chi connectivity index (χ2v) is 3.35. The van der Waals surface area contributed by atoms with E-state index >= 15 is 0 Å². The van der Waals surface area contributed by atoms with Crippen molar-refractivity contribution in [1.29, 1.82) is 5.41 Å². The third-order valence-corrected chi connectivity index (χ3v) is 2.03. The Morgan fingerprint density at radius 3 is 2.43 bits per heavy atom. The Morgan fingerprint density at radius 1 is 1.50 bits per heavy atom. The zero-order chi connectivity index (χ0) is 11.1. The quantitative estimate of drug-likeness (QED) is 0.247. The number of carbonyl (C=O) groups excluding carboxylic acids is 1. The maximum Gasteiger partial charge on any atom is 0.338 e. The van der Waals surface area contributed by atoms with Crippen molar-refractivity contribution >= 4 is 24.8 Å². The van der Waals surface area contributed by atoms with E-state index in [4.69, 9.17) is 10.1 Å². The smallest absolute Gasteiger partial charge is 0.338 e. The molecule has 0 atom stereocenters. The van der Waals surface area contributed by atoms with E-state index in [1.54, 1.807) is 20.8 Å². The molecule has 0 aliphatic carbocycles. The maximum absolute atomic E-state index is 11.4. The van der Waals surface area contributed by atoms with Gasteiger partial charge in [-0.2, -0.15) is 0 Å². The molecular formula is C10H15NO2S. The molecule has 0 amide bonds. The fourth-order valence-electron chi connectivity index (χ4n) is 0.833. The predicted molar refractivity (Wildman–Crippen MR) is 60.9 cm³/mol. The van der Waals surface area contributed by atoms with Crippen LogP contribution in [0.3, 0.4) is 0 Å². The minimum atomic E-state index is -0.415. The molecule has 0 unspecified atom stereocenters. The second kappa shape index (κ2) is 6.43. The van der Waals surface area contributed by atoms with Crippen molar-refractivity contribution in [2.24, 2.45) is 0 Å². The van der Waals surface area contributed by atoms with Gasteiger partial charge in [0.25, 0.3) is 0 Å². The number of carbonyl (C=O) groups is 1. The Morgan fingerprint density at radius 2 is 2.07 bits per heavy atom. The molecule has 0 rings (SSSR count). The standard InChI is InChI=1S/C10H15NO2S/c1-4-13-10(12)9(5-6-11)7(2)8(3)14/h5-6,11,14H,4H2,1-3H3/b8-7-,9-5-,11-6?. The van der Waals surface area contributed by atoms with Gasteiger partial charge in [0.15, 0.2) is 0 Å². The van der Waals surface area contributed by atoms with Gasteiger partial charge < -0.3 is 10.1 Å². The van der Waals surface area contributed by atoms with Crippen LogP contribution in [0.15, 0.2) is 22.1 Å². The summed E-state index contributed by atoms with van der Waals surface area (Å²) < 4.78 is 4.85. The summed E-state index contributed by atoms with van der Waals surface area (Å²) >= 11 is 4.14. The molecule has 0 bridgehead atoms. The highest BCUT2D eigenvalue weighted by Crippen LogP contribution is 2.17. The highest BCUT2D eigenvalue weighted by atomic mass is 32.1. The van der Waals surface area contributed by atoms with Crippen LogP contribution in [-0.4, -0.2) is 18.8 Å². The van der Waals surface area contributed by atoms with E-state index in [2.05, 4.69) is 12.6 Å². The first-order valence-electron chi connectivity index (χ1n) is 4.29. The van der Waals surface area contributed by atoms with Crippen molar-refractivity contribution in [2.45, 2.75) is 20.8 Å². The van der Waals surface area contributed by atoms with E-state index in [1.807, 2.05) is 0 Å². The van der Waals surface area contributed by atoms with Gasteiger partial charge in [0.05, 0.1) is 12.2 Å². The number of nitrogens with one attached hydrogen (secondary N) is 1. The largest absolute Gasteiger partial charge is 0.462 e. The summed E-state index contributed by atoms with van der Waals surface area (Å²) in [7, 11) is 0. The zero-order valence-electron chi connectivity index (χ0n) is 8.63. The van der Waals surface area contributed by atoms with Gasteiger partial charge in [0, 0.05) is 6.21 Å². The molecule has 0 aliphatic heterocycles. The van der Waals surface area contributed by atoms with E-state index in [0.717, 1.165) is 16.7 Å². The highest BCUT2D eigenvalue weighted by molar-refractivity contribution is 7.84. The van der Waals surface area contributed by atoms with Gasteiger partial charge in [0.1, 0.15) is 0 Å². The lowest BCUT2D eigenvalue weighted by atomic mass is 10.1.